The van der Waals surface area contributed by atoms with E-state index in [1.54, 1.807) is 80.7 Å². The van der Waals surface area contributed by atoms with Gasteiger partial charge >= 0.3 is 5.97 Å². The second kappa shape index (κ2) is 9.26. The third kappa shape index (κ3) is 4.63. The summed E-state index contributed by atoms with van der Waals surface area (Å²) in [6, 6.07) is 18.3. The van der Waals surface area contributed by atoms with Gasteiger partial charge in [-0.25, -0.2) is 9.79 Å². The van der Waals surface area contributed by atoms with Gasteiger partial charge in [0.05, 0.1) is 23.5 Å². The first-order valence-electron chi connectivity index (χ1n) is 10.2. The number of anilines is 2. The molecule has 0 aliphatic carbocycles. The normalized spacial score (nSPS) is 13.7. The maximum Gasteiger partial charge on any atom is 0.338 e. The SMILES string of the molecule is CCOC(=O)c1ccc(NC(=O)c2ccc(N=C3C(=O)N(C)c4ccc(Cl)cc43)cc2)cc1. The first-order chi connectivity index (χ1) is 15.9. The molecular weight excluding hydrogens is 442 g/mol. The number of carbonyl (C=O) groups is 3. The number of rotatable bonds is 5. The zero-order valence-electron chi connectivity index (χ0n) is 18.0. The van der Waals surface area contributed by atoms with E-state index in [0.29, 0.717) is 45.4 Å². The minimum Gasteiger partial charge on any atom is -0.462 e. The van der Waals surface area contributed by atoms with Crippen molar-refractivity contribution >= 4 is 52.2 Å². The van der Waals surface area contributed by atoms with Crippen molar-refractivity contribution in [1.82, 2.24) is 0 Å². The van der Waals surface area contributed by atoms with E-state index in [0.717, 1.165) is 5.69 Å². The van der Waals surface area contributed by atoms with Crippen molar-refractivity contribution in [3.05, 3.63) is 88.4 Å². The third-order valence-corrected chi connectivity index (χ3v) is 5.34. The summed E-state index contributed by atoms with van der Waals surface area (Å²) in [6.07, 6.45) is 0. The Morgan fingerprint density at radius 2 is 1.67 bits per heavy atom. The topological polar surface area (TPSA) is 88.1 Å². The Labute approximate surface area is 195 Å². The molecule has 166 valence electrons. The molecule has 0 unspecified atom stereocenters. The molecular formula is C25H20ClN3O4. The summed E-state index contributed by atoms with van der Waals surface area (Å²) in [5.74, 6) is -0.948. The van der Waals surface area contributed by atoms with Crippen molar-refractivity contribution in [3.63, 3.8) is 0 Å². The van der Waals surface area contributed by atoms with E-state index in [-0.39, 0.29) is 11.8 Å². The zero-order chi connectivity index (χ0) is 23.5. The summed E-state index contributed by atoms with van der Waals surface area (Å²) in [4.78, 5) is 42.9. The van der Waals surface area contributed by atoms with Gasteiger partial charge in [-0.15, -0.1) is 0 Å². The van der Waals surface area contributed by atoms with Crippen LogP contribution in [0.4, 0.5) is 17.1 Å². The number of esters is 1. The molecule has 1 aliphatic rings. The van der Waals surface area contributed by atoms with Crippen LogP contribution in [0.2, 0.25) is 5.02 Å². The van der Waals surface area contributed by atoms with Crippen LogP contribution in [0.5, 0.6) is 0 Å². The van der Waals surface area contributed by atoms with Crippen molar-refractivity contribution < 1.29 is 19.1 Å². The Balaban J connectivity index is 1.49. The maximum absolute atomic E-state index is 12.6. The highest BCUT2D eigenvalue weighted by Crippen LogP contribution is 2.32. The highest BCUT2D eigenvalue weighted by atomic mass is 35.5. The van der Waals surface area contributed by atoms with Crippen molar-refractivity contribution in [3.8, 4) is 0 Å². The Bertz CT molecular complexity index is 1270. The van der Waals surface area contributed by atoms with Crippen LogP contribution >= 0.6 is 11.6 Å². The predicted octanol–water partition coefficient (Wildman–Crippen LogP) is 4.87. The molecule has 3 aromatic rings. The van der Waals surface area contributed by atoms with E-state index in [9.17, 15) is 14.4 Å². The molecule has 0 saturated heterocycles. The van der Waals surface area contributed by atoms with Gasteiger partial charge in [0.1, 0.15) is 5.71 Å². The van der Waals surface area contributed by atoms with Gasteiger partial charge in [-0.05, 0) is 73.7 Å². The van der Waals surface area contributed by atoms with E-state index in [1.807, 2.05) is 0 Å². The van der Waals surface area contributed by atoms with Crippen molar-refractivity contribution in [2.45, 2.75) is 6.92 Å². The maximum atomic E-state index is 12.6. The molecule has 3 aromatic carbocycles. The molecule has 2 amide bonds. The number of nitrogens with zero attached hydrogens (tertiary/aromatic N) is 2. The van der Waals surface area contributed by atoms with Crippen LogP contribution in [0.1, 0.15) is 33.2 Å². The highest BCUT2D eigenvalue weighted by molar-refractivity contribution is 6.55. The second-order valence-corrected chi connectivity index (χ2v) is 7.72. The van der Waals surface area contributed by atoms with Crippen LogP contribution in [0.3, 0.4) is 0 Å². The van der Waals surface area contributed by atoms with Crippen LogP contribution in [-0.4, -0.2) is 37.1 Å². The Kier molecular flexibility index (Phi) is 6.24. The van der Waals surface area contributed by atoms with Gasteiger partial charge in [-0.2, -0.15) is 0 Å². The summed E-state index contributed by atoms with van der Waals surface area (Å²) in [5.41, 5.74) is 3.63. The van der Waals surface area contributed by atoms with Crippen LogP contribution < -0.4 is 10.2 Å². The molecule has 0 radical (unpaired) electrons. The molecule has 1 aliphatic heterocycles. The Morgan fingerprint density at radius 1 is 1.00 bits per heavy atom. The lowest BCUT2D eigenvalue weighted by Gasteiger charge is -2.08. The first-order valence-corrected chi connectivity index (χ1v) is 10.6. The first kappa shape index (κ1) is 22.2. The fraction of sp³-hybridized carbons (Fsp3) is 0.120. The van der Waals surface area contributed by atoms with Crippen LogP contribution in [0, 0.1) is 0 Å². The van der Waals surface area contributed by atoms with Crippen molar-refractivity contribution in [1.29, 1.82) is 0 Å². The lowest BCUT2D eigenvalue weighted by molar-refractivity contribution is -0.111. The molecule has 0 aromatic heterocycles. The standard InChI is InChI=1S/C25H20ClN3O4/c1-3-33-25(32)16-6-11-19(12-7-16)28-23(30)15-4-9-18(10-5-15)27-22-20-14-17(26)8-13-21(20)29(2)24(22)31/h4-14H,3H2,1-2H3,(H,28,30). The number of carbonyl (C=O) groups excluding carboxylic acids is 3. The van der Waals surface area contributed by atoms with E-state index in [2.05, 4.69) is 10.3 Å². The fourth-order valence-corrected chi connectivity index (χ4v) is 3.58. The summed E-state index contributed by atoms with van der Waals surface area (Å²) >= 11 is 6.10. The zero-order valence-corrected chi connectivity index (χ0v) is 18.7. The summed E-state index contributed by atoms with van der Waals surface area (Å²) < 4.78 is 4.95. The number of ether oxygens (including phenoxy) is 1. The number of likely N-dealkylation sites (N-methyl/N-ethyl adjacent to an activating group) is 1. The molecule has 7 nitrogen and oxygen atoms in total. The minimum absolute atomic E-state index is 0.222. The average Bonchev–Trinajstić information content (AvgIpc) is 3.04. The number of fused-ring (bicyclic) bond motifs is 1. The van der Waals surface area contributed by atoms with Crippen LogP contribution in [0.15, 0.2) is 71.7 Å². The highest BCUT2D eigenvalue weighted by Gasteiger charge is 2.31. The summed E-state index contributed by atoms with van der Waals surface area (Å²) in [7, 11) is 1.68. The van der Waals surface area contributed by atoms with Crippen LogP contribution in [0.25, 0.3) is 0 Å². The number of aliphatic imine (C=N–C) groups is 1. The summed E-state index contributed by atoms with van der Waals surface area (Å²) in [6.45, 7) is 2.03. The van der Waals surface area contributed by atoms with E-state index in [4.69, 9.17) is 16.3 Å². The summed E-state index contributed by atoms with van der Waals surface area (Å²) in [5, 5.41) is 3.30. The van der Waals surface area contributed by atoms with Gasteiger partial charge in [0.2, 0.25) is 0 Å². The minimum atomic E-state index is -0.413. The fourth-order valence-electron chi connectivity index (χ4n) is 3.41. The lowest BCUT2D eigenvalue weighted by atomic mass is 10.1. The van der Waals surface area contributed by atoms with Crippen molar-refractivity contribution in [2.24, 2.45) is 4.99 Å². The average molecular weight is 462 g/mol. The van der Waals surface area contributed by atoms with Gasteiger partial charge in [-0.1, -0.05) is 11.6 Å². The van der Waals surface area contributed by atoms with Crippen LogP contribution in [-0.2, 0) is 9.53 Å². The van der Waals surface area contributed by atoms with E-state index < -0.39 is 5.97 Å². The molecule has 33 heavy (non-hydrogen) atoms. The molecule has 0 fully saturated rings. The molecule has 0 spiro atoms. The molecule has 8 heteroatoms. The van der Waals surface area contributed by atoms with E-state index >= 15 is 0 Å². The Morgan fingerprint density at radius 3 is 2.33 bits per heavy atom. The molecule has 0 atom stereocenters. The molecule has 1 N–H and O–H groups in total. The monoisotopic (exact) mass is 461 g/mol. The number of hydrogen-bond donors (Lipinski definition) is 1. The van der Waals surface area contributed by atoms with Gasteiger partial charge in [0.15, 0.2) is 0 Å². The Hall–Kier alpha value is -3.97. The molecule has 4 rings (SSSR count). The molecule has 1 heterocycles. The number of hydrogen-bond acceptors (Lipinski definition) is 5. The molecule has 0 bridgehead atoms. The predicted molar refractivity (Wildman–Crippen MR) is 128 cm³/mol. The quantitative estimate of drug-likeness (QED) is 0.549. The largest absolute Gasteiger partial charge is 0.462 e. The number of halogens is 1. The van der Waals surface area contributed by atoms with Gasteiger partial charge in [0, 0.05) is 28.9 Å². The molecule has 0 saturated carbocycles. The third-order valence-electron chi connectivity index (χ3n) is 5.11. The smallest absolute Gasteiger partial charge is 0.338 e. The van der Waals surface area contributed by atoms with Gasteiger partial charge < -0.3 is 15.0 Å². The lowest BCUT2D eigenvalue weighted by Crippen LogP contribution is -2.25. The van der Waals surface area contributed by atoms with Gasteiger partial charge in [0.25, 0.3) is 11.8 Å². The van der Waals surface area contributed by atoms with E-state index in [1.165, 1.54) is 4.90 Å². The van der Waals surface area contributed by atoms with Crippen molar-refractivity contribution in [2.75, 3.05) is 23.9 Å². The number of amides is 2. The number of benzene rings is 3. The number of nitrogens with one attached hydrogen (secondary N) is 1. The van der Waals surface area contributed by atoms with Gasteiger partial charge in [-0.3, -0.25) is 9.59 Å². The second-order valence-electron chi connectivity index (χ2n) is 7.28.